The fraction of sp³-hybridized carbons (Fsp3) is 0.412. The number of hydrogen-bond donors (Lipinski definition) is 2. The molecule has 1 aliphatic heterocycles. The van der Waals surface area contributed by atoms with Gasteiger partial charge in [-0.1, -0.05) is 0 Å². The number of hydrogen-bond acceptors (Lipinski definition) is 5. The van der Waals surface area contributed by atoms with E-state index in [9.17, 15) is 15.0 Å². The van der Waals surface area contributed by atoms with Crippen molar-refractivity contribution in [1.82, 2.24) is 4.98 Å². The molecule has 1 unspecified atom stereocenters. The van der Waals surface area contributed by atoms with Crippen LogP contribution in [0.5, 0.6) is 0 Å². The van der Waals surface area contributed by atoms with Crippen LogP contribution in [0.1, 0.15) is 27.2 Å². The third kappa shape index (κ3) is 3.44. The predicted molar refractivity (Wildman–Crippen MR) is 87.9 cm³/mol. The monoisotopic (exact) mass is 333 g/mol. The topological polar surface area (TPSA) is 79.7 Å². The Morgan fingerprint density at radius 3 is 2.83 bits per heavy atom. The summed E-state index contributed by atoms with van der Waals surface area (Å²) in [6.45, 7) is 3.15. The molecule has 2 aromatic rings. The van der Waals surface area contributed by atoms with Crippen molar-refractivity contribution in [1.29, 1.82) is 0 Å². The molecule has 1 saturated heterocycles. The zero-order chi connectivity index (χ0) is 16.4. The summed E-state index contributed by atoms with van der Waals surface area (Å²) in [6.07, 6.45) is 3.17. The summed E-state index contributed by atoms with van der Waals surface area (Å²) in [5.41, 5.74) is 1.64. The van der Waals surface area contributed by atoms with E-state index in [2.05, 4.69) is 4.98 Å². The van der Waals surface area contributed by atoms with Crippen molar-refractivity contribution in [3.63, 3.8) is 0 Å². The minimum atomic E-state index is -0.956. The van der Waals surface area contributed by atoms with Crippen LogP contribution in [0.2, 0.25) is 0 Å². The number of nitrogens with zero attached hydrogens (tertiary/aromatic N) is 1. The molecule has 0 saturated carbocycles. The number of aromatic carboxylic acids is 1. The number of carbonyl (C=O) groups is 1. The highest BCUT2D eigenvalue weighted by atomic mass is 32.1. The van der Waals surface area contributed by atoms with Gasteiger partial charge in [-0.25, -0.2) is 9.78 Å². The summed E-state index contributed by atoms with van der Waals surface area (Å²) >= 11 is 1.54. The lowest BCUT2D eigenvalue weighted by molar-refractivity contribution is 0.0696. The minimum Gasteiger partial charge on any atom is -0.478 e. The van der Waals surface area contributed by atoms with E-state index in [0.29, 0.717) is 19.6 Å². The molecular weight excluding hydrogens is 314 g/mol. The molecule has 1 aromatic heterocycles. The van der Waals surface area contributed by atoms with Gasteiger partial charge in [0.25, 0.3) is 0 Å². The SMILES string of the molecule is Cc1cnc(-c2cc(CC3(CO)CCOC3)cc(C(=O)O)c2)s1. The van der Waals surface area contributed by atoms with E-state index >= 15 is 0 Å². The quantitative estimate of drug-likeness (QED) is 0.879. The predicted octanol–water partition coefficient (Wildman–Crippen LogP) is 2.76. The van der Waals surface area contributed by atoms with Gasteiger partial charge in [0.05, 0.1) is 18.8 Å². The summed E-state index contributed by atoms with van der Waals surface area (Å²) in [5, 5.41) is 19.9. The molecule has 1 aromatic carbocycles. The van der Waals surface area contributed by atoms with Gasteiger partial charge >= 0.3 is 5.97 Å². The van der Waals surface area contributed by atoms with Crippen LogP contribution in [0.15, 0.2) is 24.4 Å². The molecule has 0 radical (unpaired) electrons. The average Bonchev–Trinajstić information content (AvgIpc) is 3.16. The van der Waals surface area contributed by atoms with E-state index in [1.54, 1.807) is 18.3 Å². The molecule has 122 valence electrons. The third-order valence-electron chi connectivity index (χ3n) is 4.21. The lowest BCUT2D eigenvalue weighted by Crippen LogP contribution is -2.28. The van der Waals surface area contributed by atoms with Crippen molar-refractivity contribution >= 4 is 17.3 Å². The van der Waals surface area contributed by atoms with E-state index in [4.69, 9.17) is 4.74 Å². The van der Waals surface area contributed by atoms with Gasteiger partial charge in [0, 0.05) is 28.7 Å². The first-order valence-electron chi connectivity index (χ1n) is 7.50. The average molecular weight is 333 g/mol. The lowest BCUT2D eigenvalue weighted by atomic mass is 9.81. The van der Waals surface area contributed by atoms with Crippen LogP contribution in [-0.4, -0.2) is 41.0 Å². The number of aliphatic hydroxyl groups excluding tert-OH is 1. The van der Waals surface area contributed by atoms with Crippen molar-refractivity contribution in [2.24, 2.45) is 5.41 Å². The van der Waals surface area contributed by atoms with Crippen LogP contribution in [0.4, 0.5) is 0 Å². The normalized spacial score (nSPS) is 20.8. The first-order valence-corrected chi connectivity index (χ1v) is 8.32. The van der Waals surface area contributed by atoms with Gasteiger partial charge in [-0.05, 0) is 43.5 Å². The van der Waals surface area contributed by atoms with Gasteiger partial charge < -0.3 is 14.9 Å². The van der Waals surface area contributed by atoms with Crippen LogP contribution in [0.25, 0.3) is 10.6 Å². The maximum absolute atomic E-state index is 11.4. The van der Waals surface area contributed by atoms with Crippen LogP contribution in [-0.2, 0) is 11.2 Å². The Kier molecular flexibility index (Phi) is 4.48. The number of carboxylic acids is 1. The number of aliphatic hydroxyl groups is 1. The molecule has 0 spiro atoms. The van der Waals surface area contributed by atoms with Crippen molar-refractivity contribution in [2.75, 3.05) is 19.8 Å². The smallest absolute Gasteiger partial charge is 0.335 e. The molecule has 0 amide bonds. The zero-order valence-corrected chi connectivity index (χ0v) is 13.7. The number of rotatable bonds is 5. The molecular formula is C17H19NO4S. The summed E-state index contributed by atoms with van der Waals surface area (Å²) in [5.74, 6) is -0.956. The van der Waals surface area contributed by atoms with E-state index < -0.39 is 5.97 Å². The fourth-order valence-electron chi connectivity index (χ4n) is 2.93. The summed E-state index contributed by atoms with van der Waals surface area (Å²) in [4.78, 5) is 16.9. The first-order chi connectivity index (χ1) is 11.0. The molecule has 0 bridgehead atoms. The molecule has 1 atom stereocenters. The molecule has 1 fully saturated rings. The second kappa shape index (κ2) is 6.39. The second-order valence-corrected chi connectivity index (χ2v) is 7.37. The fourth-order valence-corrected chi connectivity index (χ4v) is 3.68. The summed E-state index contributed by atoms with van der Waals surface area (Å²) < 4.78 is 5.43. The molecule has 0 aliphatic carbocycles. The number of benzene rings is 1. The number of aryl methyl sites for hydroxylation is 1. The maximum Gasteiger partial charge on any atom is 0.335 e. The van der Waals surface area contributed by atoms with Crippen molar-refractivity contribution in [2.45, 2.75) is 19.8 Å². The second-order valence-electron chi connectivity index (χ2n) is 6.14. The van der Waals surface area contributed by atoms with Crippen molar-refractivity contribution < 1.29 is 19.7 Å². The Labute approximate surface area is 138 Å². The van der Waals surface area contributed by atoms with Gasteiger partial charge in [0.2, 0.25) is 0 Å². The Balaban J connectivity index is 1.99. The van der Waals surface area contributed by atoms with E-state index in [1.807, 2.05) is 13.0 Å². The Bertz CT molecular complexity index is 719. The van der Waals surface area contributed by atoms with E-state index in [0.717, 1.165) is 27.4 Å². The number of carboxylic acid groups (broad SMARTS) is 1. The van der Waals surface area contributed by atoms with Gasteiger partial charge in [0.15, 0.2) is 0 Å². The Hall–Kier alpha value is -1.76. The highest BCUT2D eigenvalue weighted by Gasteiger charge is 2.34. The minimum absolute atomic E-state index is 0.0377. The van der Waals surface area contributed by atoms with Gasteiger partial charge in [-0.2, -0.15) is 0 Å². The molecule has 3 rings (SSSR count). The molecule has 2 heterocycles. The largest absolute Gasteiger partial charge is 0.478 e. The highest BCUT2D eigenvalue weighted by molar-refractivity contribution is 7.14. The van der Waals surface area contributed by atoms with E-state index in [-0.39, 0.29) is 17.6 Å². The number of thiazole rings is 1. The molecule has 1 aliphatic rings. The maximum atomic E-state index is 11.4. The molecule has 6 heteroatoms. The van der Waals surface area contributed by atoms with Crippen molar-refractivity contribution in [3.05, 3.63) is 40.4 Å². The third-order valence-corrected chi connectivity index (χ3v) is 5.17. The highest BCUT2D eigenvalue weighted by Crippen LogP contribution is 2.34. The van der Waals surface area contributed by atoms with Gasteiger partial charge in [-0.15, -0.1) is 11.3 Å². The van der Waals surface area contributed by atoms with Crippen LogP contribution in [0, 0.1) is 12.3 Å². The summed E-state index contributed by atoms with van der Waals surface area (Å²) in [6, 6.07) is 5.31. The standard InChI is InChI=1S/C17H19NO4S/c1-11-8-18-15(23-11)13-4-12(5-14(6-13)16(20)21)7-17(9-19)2-3-22-10-17/h4-6,8,19H,2-3,7,9-10H2,1H3,(H,20,21). The Morgan fingerprint density at radius 2 is 2.26 bits per heavy atom. The van der Waals surface area contributed by atoms with Gasteiger partial charge in [0.1, 0.15) is 5.01 Å². The Morgan fingerprint density at radius 1 is 1.43 bits per heavy atom. The first kappa shape index (κ1) is 16.1. The van der Waals surface area contributed by atoms with Crippen LogP contribution >= 0.6 is 11.3 Å². The number of aromatic nitrogens is 1. The molecule has 2 N–H and O–H groups in total. The van der Waals surface area contributed by atoms with E-state index in [1.165, 1.54) is 11.3 Å². The zero-order valence-electron chi connectivity index (χ0n) is 12.9. The van der Waals surface area contributed by atoms with Crippen LogP contribution < -0.4 is 0 Å². The van der Waals surface area contributed by atoms with Crippen molar-refractivity contribution in [3.8, 4) is 10.6 Å². The van der Waals surface area contributed by atoms with Gasteiger partial charge in [-0.3, -0.25) is 0 Å². The van der Waals surface area contributed by atoms with Crippen LogP contribution in [0.3, 0.4) is 0 Å². The summed E-state index contributed by atoms with van der Waals surface area (Å²) in [7, 11) is 0. The molecule has 5 nitrogen and oxygen atoms in total. The lowest BCUT2D eigenvalue weighted by Gasteiger charge is -2.25. The molecule has 23 heavy (non-hydrogen) atoms. The number of ether oxygens (including phenoxy) is 1.